The van der Waals surface area contributed by atoms with Crippen molar-refractivity contribution in [3.05, 3.63) is 29.3 Å². The number of anilines is 1. The van der Waals surface area contributed by atoms with Crippen LogP contribution in [0, 0.1) is 0 Å². The van der Waals surface area contributed by atoms with Crippen molar-refractivity contribution in [3.8, 4) is 0 Å². The van der Waals surface area contributed by atoms with Crippen LogP contribution in [0.5, 0.6) is 0 Å². The highest BCUT2D eigenvalue weighted by Crippen LogP contribution is 2.35. The van der Waals surface area contributed by atoms with E-state index in [1.54, 1.807) is 0 Å². The van der Waals surface area contributed by atoms with Gasteiger partial charge in [-0.2, -0.15) is 13.2 Å². The van der Waals surface area contributed by atoms with Gasteiger partial charge in [-0.3, -0.25) is 9.59 Å². The third kappa shape index (κ3) is 3.38. The zero-order chi connectivity index (χ0) is 19.1. The summed E-state index contributed by atoms with van der Waals surface area (Å²) >= 11 is 0. The van der Waals surface area contributed by atoms with E-state index in [0.29, 0.717) is 18.9 Å². The molecule has 0 spiro atoms. The van der Waals surface area contributed by atoms with Gasteiger partial charge in [-0.05, 0) is 37.5 Å². The first-order chi connectivity index (χ1) is 12.2. The molecule has 2 aliphatic rings. The molecular weight excluding hydrogens is 353 g/mol. The number of likely N-dealkylation sites (tertiary alicyclic amines) is 1. The standard InChI is InChI=1S/C17H17F3N2O4/c18-17(19,20)11-7-10(8-12(9-11)21-5-2-4-14(21)23)15(24)22-6-1-3-13(22)16(25)26/h7-9,13H,1-6H2,(H,25,26)/t13-/m1/s1. The normalized spacial score (nSPS) is 20.7. The molecule has 0 saturated carbocycles. The largest absolute Gasteiger partial charge is 0.480 e. The van der Waals surface area contributed by atoms with Gasteiger partial charge in [-0.1, -0.05) is 0 Å². The van der Waals surface area contributed by atoms with Crippen LogP contribution in [0.15, 0.2) is 18.2 Å². The van der Waals surface area contributed by atoms with E-state index in [9.17, 15) is 32.7 Å². The lowest BCUT2D eigenvalue weighted by atomic mass is 10.1. The van der Waals surface area contributed by atoms with Crippen molar-refractivity contribution in [1.82, 2.24) is 4.90 Å². The molecule has 6 nitrogen and oxygen atoms in total. The molecule has 0 radical (unpaired) electrons. The van der Waals surface area contributed by atoms with E-state index < -0.39 is 29.7 Å². The molecular formula is C17H17F3N2O4. The van der Waals surface area contributed by atoms with Gasteiger partial charge in [0.15, 0.2) is 0 Å². The number of nitrogens with zero attached hydrogens (tertiary/aromatic N) is 2. The van der Waals surface area contributed by atoms with Gasteiger partial charge in [0.25, 0.3) is 5.91 Å². The number of carbonyl (C=O) groups is 3. The fourth-order valence-electron chi connectivity index (χ4n) is 3.41. The van der Waals surface area contributed by atoms with Crippen molar-refractivity contribution in [3.63, 3.8) is 0 Å². The number of rotatable bonds is 3. The van der Waals surface area contributed by atoms with Gasteiger partial charge in [0.2, 0.25) is 5.91 Å². The first-order valence-electron chi connectivity index (χ1n) is 8.25. The first kappa shape index (κ1) is 18.2. The van der Waals surface area contributed by atoms with Crippen molar-refractivity contribution in [2.24, 2.45) is 0 Å². The van der Waals surface area contributed by atoms with Gasteiger partial charge >= 0.3 is 12.1 Å². The summed E-state index contributed by atoms with van der Waals surface area (Å²) in [5.41, 5.74) is -1.29. The van der Waals surface area contributed by atoms with Crippen LogP contribution in [0.2, 0.25) is 0 Å². The summed E-state index contributed by atoms with van der Waals surface area (Å²) in [5.74, 6) is -2.25. The van der Waals surface area contributed by atoms with Crippen LogP contribution in [0.1, 0.15) is 41.6 Å². The lowest BCUT2D eigenvalue weighted by Crippen LogP contribution is -2.40. The van der Waals surface area contributed by atoms with Crippen LogP contribution >= 0.6 is 0 Å². The van der Waals surface area contributed by atoms with Gasteiger partial charge in [0.1, 0.15) is 6.04 Å². The number of amides is 2. The van der Waals surface area contributed by atoms with Crippen LogP contribution in [-0.2, 0) is 15.8 Å². The van der Waals surface area contributed by atoms with E-state index in [0.717, 1.165) is 11.0 Å². The molecule has 26 heavy (non-hydrogen) atoms. The van der Waals surface area contributed by atoms with Crippen molar-refractivity contribution in [1.29, 1.82) is 0 Å². The zero-order valence-corrected chi connectivity index (χ0v) is 13.8. The van der Waals surface area contributed by atoms with E-state index in [1.807, 2.05) is 0 Å². The molecule has 2 saturated heterocycles. The zero-order valence-electron chi connectivity index (χ0n) is 13.8. The van der Waals surface area contributed by atoms with E-state index in [4.69, 9.17) is 0 Å². The Labute approximate surface area is 147 Å². The summed E-state index contributed by atoms with van der Waals surface area (Å²) in [6, 6.07) is 1.74. The van der Waals surface area contributed by atoms with Crippen molar-refractivity contribution < 1.29 is 32.7 Å². The second kappa shape index (κ2) is 6.62. The number of halogens is 3. The minimum absolute atomic E-state index is 0.0109. The minimum atomic E-state index is -4.69. The summed E-state index contributed by atoms with van der Waals surface area (Å²) in [7, 11) is 0. The van der Waals surface area contributed by atoms with Crippen LogP contribution in [0.4, 0.5) is 18.9 Å². The smallest absolute Gasteiger partial charge is 0.416 e. The Morgan fingerprint density at radius 1 is 1.12 bits per heavy atom. The summed E-state index contributed by atoms with van der Waals surface area (Å²) in [6.45, 7) is 0.458. The van der Waals surface area contributed by atoms with Crippen LogP contribution in [-0.4, -0.2) is 46.9 Å². The molecule has 2 fully saturated rings. The molecule has 2 aliphatic heterocycles. The Balaban J connectivity index is 2.01. The van der Waals surface area contributed by atoms with Crippen molar-refractivity contribution in [2.45, 2.75) is 37.9 Å². The minimum Gasteiger partial charge on any atom is -0.480 e. The SMILES string of the molecule is O=C(O)[C@H]1CCCN1C(=O)c1cc(N2CCCC2=O)cc(C(F)(F)F)c1. The Hall–Kier alpha value is -2.58. The quantitative estimate of drug-likeness (QED) is 0.887. The van der Waals surface area contributed by atoms with Crippen LogP contribution < -0.4 is 4.90 Å². The van der Waals surface area contributed by atoms with Crippen molar-refractivity contribution >= 4 is 23.5 Å². The highest BCUT2D eigenvalue weighted by Gasteiger charge is 2.37. The molecule has 9 heteroatoms. The topological polar surface area (TPSA) is 77.9 Å². The first-order valence-corrected chi connectivity index (χ1v) is 8.25. The molecule has 0 bridgehead atoms. The summed E-state index contributed by atoms with van der Waals surface area (Å²) < 4.78 is 39.8. The number of benzene rings is 1. The van der Waals surface area contributed by atoms with Gasteiger partial charge in [0, 0.05) is 30.8 Å². The van der Waals surface area contributed by atoms with Crippen molar-refractivity contribution in [2.75, 3.05) is 18.0 Å². The average molecular weight is 370 g/mol. The maximum Gasteiger partial charge on any atom is 0.416 e. The van der Waals surface area contributed by atoms with E-state index in [-0.39, 0.29) is 43.1 Å². The second-order valence-corrected chi connectivity index (χ2v) is 6.41. The highest BCUT2D eigenvalue weighted by molar-refractivity contribution is 6.00. The molecule has 1 atom stereocenters. The molecule has 1 aromatic carbocycles. The number of aliphatic carboxylic acids is 1. The van der Waals surface area contributed by atoms with Gasteiger partial charge in [0.05, 0.1) is 5.56 Å². The Morgan fingerprint density at radius 3 is 2.42 bits per heavy atom. The molecule has 0 aromatic heterocycles. The summed E-state index contributed by atoms with van der Waals surface area (Å²) in [5, 5.41) is 9.20. The molecule has 0 unspecified atom stereocenters. The third-order valence-corrected chi connectivity index (χ3v) is 4.68. The van der Waals surface area contributed by atoms with Gasteiger partial charge in [-0.25, -0.2) is 4.79 Å². The van der Waals surface area contributed by atoms with Crippen LogP contribution in [0.3, 0.4) is 0 Å². The summed E-state index contributed by atoms with van der Waals surface area (Å²) in [4.78, 5) is 38.1. The molecule has 3 rings (SSSR count). The number of hydrogen-bond acceptors (Lipinski definition) is 3. The highest BCUT2D eigenvalue weighted by atomic mass is 19.4. The number of carboxylic acid groups (broad SMARTS) is 1. The number of alkyl halides is 3. The number of carboxylic acids is 1. The fraction of sp³-hybridized carbons (Fsp3) is 0.471. The summed E-state index contributed by atoms with van der Waals surface area (Å²) in [6.07, 6.45) is -3.18. The monoisotopic (exact) mass is 370 g/mol. The lowest BCUT2D eigenvalue weighted by molar-refractivity contribution is -0.141. The van der Waals surface area contributed by atoms with Gasteiger partial charge < -0.3 is 14.9 Å². The predicted molar refractivity (Wildman–Crippen MR) is 84.7 cm³/mol. The molecule has 1 N–H and O–H groups in total. The Kier molecular flexibility index (Phi) is 4.64. The third-order valence-electron chi connectivity index (χ3n) is 4.68. The van der Waals surface area contributed by atoms with E-state index >= 15 is 0 Å². The second-order valence-electron chi connectivity index (χ2n) is 6.41. The number of carbonyl (C=O) groups excluding carboxylic acids is 2. The molecule has 2 amide bonds. The van der Waals surface area contributed by atoms with Crippen LogP contribution in [0.25, 0.3) is 0 Å². The van der Waals surface area contributed by atoms with E-state index in [1.165, 1.54) is 11.0 Å². The Bertz CT molecular complexity index is 763. The molecule has 2 heterocycles. The fourth-order valence-corrected chi connectivity index (χ4v) is 3.41. The molecule has 140 valence electrons. The van der Waals surface area contributed by atoms with E-state index in [2.05, 4.69) is 0 Å². The maximum atomic E-state index is 13.3. The number of hydrogen-bond donors (Lipinski definition) is 1. The Morgan fingerprint density at radius 2 is 1.85 bits per heavy atom. The van der Waals surface area contributed by atoms with Gasteiger partial charge in [-0.15, -0.1) is 0 Å². The lowest BCUT2D eigenvalue weighted by Gasteiger charge is -2.24. The predicted octanol–water partition coefficient (Wildman–Crippen LogP) is 2.52. The molecule has 0 aliphatic carbocycles. The average Bonchev–Trinajstić information content (AvgIpc) is 3.21. The molecule has 1 aromatic rings. The maximum absolute atomic E-state index is 13.3.